The van der Waals surface area contributed by atoms with Crippen molar-refractivity contribution >= 4 is 13.2 Å². The molecule has 5 nitrogen and oxygen atoms in total. The van der Waals surface area contributed by atoms with E-state index in [4.69, 9.17) is 14.0 Å². The van der Waals surface area contributed by atoms with Crippen LogP contribution in [-0.2, 0) is 14.0 Å². The second-order valence-corrected chi connectivity index (χ2v) is 10.6. The molecule has 3 saturated carbocycles. The molecular formula is C19H30BF2NO4. The molecule has 8 heteroatoms. The van der Waals surface area contributed by atoms with Crippen molar-refractivity contribution in [3.8, 4) is 0 Å². The molecule has 27 heavy (non-hydrogen) atoms. The summed E-state index contributed by atoms with van der Waals surface area (Å²) in [5, 5.41) is 0. The Bertz CT molecular complexity index is 652. The van der Waals surface area contributed by atoms with Crippen LogP contribution >= 0.6 is 0 Å². The fraction of sp³-hybridized carbons (Fsp3) is 0.947. The van der Waals surface area contributed by atoms with Crippen molar-refractivity contribution in [1.29, 1.82) is 0 Å². The zero-order chi connectivity index (χ0) is 20.0. The van der Waals surface area contributed by atoms with E-state index in [9.17, 15) is 13.6 Å². The maximum Gasteiger partial charge on any atom is 0.482 e. The van der Waals surface area contributed by atoms with Gasteiger partial charge in [-0.1, -0.05) is 13.8 Å². The van der Waals surface area contributed by atoms with Crippen molar-refractivity contribution in [1.82, 2.24) is 4.90 Å². The molecule has 2 saturated heterocycles. The molecule has 5 aliphatic rings. The van der Waals surface area contributed by atoms with E-state index in [1.165, 1.54) is 0 Å². The smallest absolute Gasteiger partial charge is 0.444 e. The third-order valence-electron chi connectivity index (χ3n) is 7.22. The highest BCUT2D eigenvalue weighted by molar-refractivity contribution is 6.48. The second kappa shape index (κ2) is 5.59. The van der Waals surface area contributed by atoms with Crippen LogP contribution < -0.4 is 0 Å². The highest BCUT2D eigenvalue weighted by atomic mass is 19.3. The lowest BCUT2D eigenvalue weighted by Crippen LogP contribution is -2.65. The summed E-state index contributed by atoms with van der Waals surface area (Å²) in [6.07, 6.45) is 0.672. The van der Waals surface area contributed by atoms with Gasteiger partial charge in [0.1, 0.15) is 5.60 Å². The van der Waals surface area contributed by atoms with E-state index in [-0.39, 0.29) is 11.5 Å². The lowest BCUT2D eigenvalue weighted by atomic mass is 9.43. The molecule has 0 N–H and O–H groups in total. The molecule has 0 radical (unpaired) electrons. The number of halogens is 2. The van der Waals surface area contributed by atoms with Crippen LogP contribution in [-0.4, -0.2) is 53.8 Å². The Morgan fingerprint density at radius 3 is 2.48 bits per heavy atom. The quantitative estimate of drug-likeness (QED) is 0.643. The van der Waals surface area contributed by atoms with Crippen molar-refractivity contribution < 1.29 is 27.6 Å². The molecular weight excluding hydrogens is 355 g/mol. The number of amides is 1. The van der Waals surface area contributed by atoms with Crippen LogP contribution in [0.3, 0.4) is 0 Å². The number of carbonyl (C=O) groups is 1. The third kappa shape index (κ3) is 2.98. The summed E-state index contributed by atoms with van der Waals surface area (Å²) in [5.74, 6) is -2.88. The van der Waals surface area contributed by atoms with Gasteiger partial charge in [-0.2, -0.15) is 0 Å². The standard InChI is InChI=1S/C19H30BF2NO4/c1-16(2,3)25-15(24)23-10-19(21,22)9-14(23)20-26-13-8-11-7-12(17(11,4)5)18(13,6)27-20/h11-14H,7-10H2,1-6H3/t11?,12?,13?,14?,18-/m0/s1. The molecule has 0 aromatic rings. The van der Waals surface area contributed by atoms with Gasteiger partial charge < -0.3 is 18.9 Å². The normalized spacial score (nSPS) is 41.9. The molecule has 2 aliphatic heterocycles. The second-order valence-electron chi connectivity index (χ2n) is 10.6. The van der Waals surface area contributed by atoms with Crippen LogP contribution in [0, 0.1) is 17.3 Å². The summed E-state index contributed by atoms with van der Waals surface area (Å²) in [6, 6.07) is 0. The molecule has 0 spiro atoms. The molecule has 2 bridgehead atoms. The average Bonchev–Trinajstić information content (AvgIpc) is 3.00. The number of likely N-dealkylation sites (tertiary alicyclic amines) is 1. The van der Waals surface area contributed by atoms with E-state index >= 15 is 0 Å². The number of hydrogen-bond donors (Lipinski definition) is 0. The summed E-state index contributed by atoms with van der Waals surface area (Å²) in [7, 11) is -0.837. The average molecular weight is 385 g/mol. The first-order chi connectivity index (χ1) is 12.2. The van der Waals surface area contributed by atoms with Gasteiger partial charge in [-0.3, -0.25) is 0 Å². The Balaban J connectivity index is 1.55. The third-order valence-corrected chi connectivity index (χ3v) is 7.22. The van der Waals surface area contributed by atoms with Crippen molar-refractivity contribution in [2.75, 3.05) is 6.54 Å². The van der Waals surface area contributed by atoms with Gasteiger partial charge in [0.15, 0.2) is 0 Å². The summed E-state index contributed by atoms with van der Waals surface area (Å²) in [6.45, 7) is 11.1. The highest BCUT2D eigenvalue weighted by Gasteiger charge is 2.70. The van der Waals surface area contributed by atoms with Gasteiger partial charge in [-0.25, -0.2) is 13.6 Å². The van der Waals surface area contributed by atoms with E-state index in [2.05, 4.69) is 13.8 Å². The Morgan fingerprint density at radius 2 is 1.89 bits per heavy atom. The van der Waals surface area contributed by atoms with Gasteiger partial charge in [-0.05, 0) is 57.8 Å². The van der Waals surface area contributed by atoms with Gasteiger partial charge >= 0.3 is 13.2 Å². The lowest BCUT2D eigenvalue weighted by molar-refractivity contribution is -0.199. The number of rotatable bonds is 1. The van der Waals surface area contributed by atoms with E-state index in [1.807, 2.05) is 6.92 Å². The molecule has 5 atom stereocenters. The van der Waals surface area contributed by atoms with E-state index in [0.717, 1.165) is 17.7 Å². The first-order valence-electron chi connectivity index (χ1n) is 9.94. The molecule has 3 aliphatic carbocycles. The van der Waals surface area contributed by atoms with Crippen LogP contribution in [0.4, 0.5) is 13.6 Å². The van der Waals surface area contributed by atoms with Gasteiger partial charge in [0.05, 0.1) is 24.2 Å². The van der Waals surface area contributed by atoms with Gasteiger partial charge in [-0.15, -0.1) is 0 Å². The number of carbonyl (C=O) groups excluding carboxylic acids is 1. The summed E-state index contributed by atoms with van der Waals surface area (Å²) in [5.41, 5.74) is -1.06. The lowest BCUT2D eigenvalue weighted by Gasteiger charge is -2.64. The van der Waals surface area contributed by atoms with Crippen molar-refractivity contribution in [2.24, 2.45) is 17.3 Å². The monoisotopic (exact) mass is 385 g/mol. The Morgan fingerprint density at radius 1 is 1.22 bits per heavy atom. The molecule has 0 aromatic heterocycles. The highest BCUT2D eigenvalue weighted by Crippen LogP contribution is 2.66. The van der Waals surface area contributed by atoms with Gasteiger partial charge in [0, 0.05) is 6.42 Å². The first-order valence-corrected chi connectivity index (χ1v) is 9.94. The van der Waals surface area contributed by atoms with Gasteiger partial charge in [0.25, 0.3) is 5.92 Å². The minimum atomic E-state index is -2.97. The van der Waals surface area contributed by atoms with E-state index < -0.39 is 49.2 Å². The zero-order valence-electron chi connectivity index (χ0n) is 17.1. The fourth-order valence-electron chi connectivity index (χ4n) is 5.67. The minimum absolute atomic E-state index is 0.103. The molecule has 2 heterocycles. The molecule has 5 rings (SSSR count). The maximum atomic E-state index is 14.2. The molecule has 4 unspecified atom stereocenters. The van der Waals surface area contributed by atoms with Crippen LogP contribution in [0.25, 0.3) is 0 Å². The van der Waals surface area contributed by atoms with Crippen LogP contribution in [0.5, 0.6) is 0 Å². The fourth-order valence-corrected chi connectivity index (χ4v) is 5.67. The molecule has 0 aromatic carbocycles. The molecule has 1 amide bonds. The zero-order valence-corrected chi connectivity index (χ0v) is 17.1. The van der Waals surface area contributed by atoms with Crippen molar-refractivity contribution in [3.63, 3.8) is 0 Å². The Kier molecular flexibility index (Phi) is 4.02. The van der Waals surface area contributed by atoms with E-state index in [1.54, 1.807) is 20.8 Å². The molecule has 5 fully saturated rings. The summed E-state index contributed by atoms with van der Waals surface area (Å²) < 4.78 is 46.2. The maximum absolute atomic E-state index is 14.2. The van der Waals surface area contributed by atoms with Crippen LogP contribution in [0.1, 0.15) is 60.8 Å². The number of ether oxygens (including phenoxy) is 1. The Hall–Kier alpha value is -0.885. The Labute approximate surface area is 160 Å². The SMILES string of the molecule is CC(C)(C)OC(=O)N1CC(F)(F)CC1B1OC2CC3CC(C3(C)C)[C@]2(C)O1. The first kappa shape index (κ1) is 19.4. The van der Waals surface area contributed by atoms with Crippen molar-refractivity contribution in [2.45, 2.75) is 90.0 Å². The van der Waals surface area contributed by atoms with Crippen molar-refractivity contribution in [3.05, 3.63) is 0 Å². The van der Waals surface area contributed by atoms with Gasteiger partial charge in [0.2, 0.25) is 0 Å². The topological polar surface area (TPSA) is 48.0 Å². The largest absolute Gasteiger partial charge is 0.482 e. The van der Waals surface area contributed by atoms with E-state index in [0.29, 0.717) is 11.8 Å². The predicted octanol–water partition coefficient (Wildman–Crippen LogP) is 3.90. The number of nitrogens with zero attached hydrogens (tertiary/aromatic N) is 1. The van der Waals surface area contributed by atoms with Crippen LogP contribution in [0.15, 0.2) is 0 Å². The predicted molar refractivity (Wildman–Crippen MR) is 96.4 cm³/mol. The number of alkyl halides is 2. The minimum Gasteiger partial charge on any atom is -0.444 e. The van der Waals surface area contributed by atoms with Crippen LogP contribution in [0.2, 0.25) is 0 Å². The molecule has 152 valence electrons. The number of hydrogen-bond acceptors (Lipinski definition) is 4. The summed E-state index contributed by atoms with van der Waals surface area (Å²) in [4.78, 5) is 13.6. The summed E-state index contributed by atoms with van der Waals surface area (Å²) >= 11 is 0.